The van der Waals surface area contributed by atoms with Gasteiger partial charge in [0.25, 0.3) is 0 Å². The van der Waals surface area contributed by atoms with E-state index in [1.165, 1.54) is 5.57 Å². The first-order valence-corrected chi connectivity index (χ1v) is 7.49. The summed E-state index contributed by atoms with van der Waals surface area (Å²) in [5.41, 5.74) is 4.59. The number of hydrogen-bond acceptors (Lipinski definition) is 2. The van der Waals surface area contributed by atoms with E-state index in [0.717, 1.165) is 12.0 Å². The molecule has 1 aromatic rings. The highest BCUT2D eigenvalue weighted by Crippen LogP contribution is 2.30. The van der Waals surface area contributed by atoms with Crippen LogP contribution in [0, 0.1) is 0 Å². The van der Waals surface area contributed by atoms with Gasteiger partial charge in [-0.25, -0.2) is 0 Å². The number of allylic oxidation sites excluding steroid dienone is 8. The predicted molar refractivity (Wildman–Crippen MR) is 88.0 cm³/mol. The van der Waals surface area contributed by atoms with Gasteiger partial charge in [0.1, 0.15) is 0 Å². The third kappa shape index (κ3) is 2.52. The van der Waals surface area contributed by atoms with Crippen molar-refractivity contribution >= 4 is 11.6 Å². The number of rotatable bonds is 2. The summed E-state index contributed by atoms with van der Waals surface area (Å²) in [5, 5.41) is 0. The van der Waals surface area contributed by atoms with Crippen molar-refractivity contribution in [3.05, 3.63) is 82.0 Å². The molecule has 0 aromatic heterocycles. The molecule has 0 amide bonds. The molecule has 0 saturated carbocycles. The second-order valence-electron chi connectivity index (χ2n) is 5.85. The van der Waals surface area contributed by atoms with Crippen molar-refractivity contribution < 1.29 is 9.59 Å². The number of fused-ring (bicyclic) bond motifs is 1. The van der Waals surface area contributed by atoms with Gasteiger partial charge in [0.05, 0.1) is 0 Å². The molecule has 0 bridgehead atoms. The zero-order valence-corrected chi connectivity index (χ0v) is 12.8. The zero-order chi connectivity index (χ0) is 15.7. The van der Waals surface area contributed by atoms with E-state index in [9.17, 15) is 9.59 Å². The molecule has 2 aliphatic carbocycles. The number of ketones is 2. The molecule has 1 aromatic carbocycles. The minimum Gasteiger partial charge on any atom is -0.289 e. The molecule has 0 saturated heterocycles. The van der Waals surface area contributed by atoms with Gasteiger partial charge in [-0.15, -0.1) is 0 Å². The van der Waals surface area contributed by atoms with Gasteiger partial charge in [-0.05, 0) is 25.8 Å². The van der Waals surface area contributed by atoms with Crippen molar-refractivity contribution in [2.75, 3.05) is 0 Å². The van der Waals surface area contributed by atoms with Gasteiger partial charge in [-0.1, -0.05) is 54.1 Å². The first kappa shape index (κ1) is 14.5. The molecule has 2 nitrogen and oxygen atoms in total. The summed E-state index contributed by atoms with van der Waals surface area (Å²) < 4.78 is 0. The number of carbonyl (C=O) groups is 2. The van der Waals surface area contributed by atoms with Gasteiger partial charge in [0, 0.05) is 28.7 Å². The maximum absolute atomic E-state index is 12.7. The van der Waals surface area contributed by atoms with Crippen LogP contribution >= 0.6 is 0 Å². The molecule has 0 radical (unpaired) electrons. The molecular formula is C20H18O2. The highest BCUT2D eigenvalue weighted by Gasteiger charge is 2.29. The van der Waals surface area contributed by atoms with E-state index >= 15 is 0 Å². The summed E-state index contributed by atoms with van der Waals surface area (Å²) in [6, 6.07) is 7.07. The number of benzene rings is 1. The molecule has 0 N–H and O–H groups in total. The fraction of sp³-hybridized carbons (Fsp3) is 0.200. The Morgan fingerprint density at radius 2 is 1.64 bits per heavy atom. The summed E-state index contributed by atoms with van der Waals surface area (Å²) in [5.74, 6) is -0.0536. The molecule has 2 heteroatoms. The Morgan fingerprint density at radius 1 is 0.955 bits per heavy atom. The maximum Gasteiger partial charge on any atom is 0.190 e. The van der Waals surface area contributed by atoms with Crippen molar-refractivity contribution in [3.8, 4) is 0 Å². The van der Waals surface area contributed by atoms with Crippen LogP contribution in [-0.2, 0) is 0 Å². The lowest BCUT2D eigenvalue weighted by molar-refractivity contribution is 0.0973. The summed E-state index contributed by atoms with van der Waals surface area (Å²) >= 11 is 0. The molecule has 0 aliphatic heterocycles. The van der Waals surface area contributed by atoms with Crippen molar-refractivity contribution in [2.24, 2.45) is 0 Å². The van der Waals surface area contributed by atoms with Crippen LogP contribution in [0.2, 0.25) is 0 Å². The third-order valence-corrected chi connectivity index (χ3v) is 4.22. The maximum atomic E-state index is 12.7. The smallest absolute Gasteiger partial charge is 0.190 e. The Hall–Kier alpha value is -2.48. The Labute approximate surface area is 130 Å². The molecule has 0 atom stereocenters. The van der Waals surface area contributed by atoms with Crippen LogP contribution in [0.4, 0.5) is 0 Å². The van der Waals surface area contributed by atoms with Crippen LogP contribution in [0.3, 0.4) is 0 Å². The minimum absolute atomic E-state index is 0.0213. The molecule has 0 unspecified atom stereocenters. The van der Waals surface area contributed by atoms with Crippen molar-refractivity contribution in [1.29, 1.82) is 0 Å². The fourth-order valence-corrected chi connectivity index (χ4v) is 2.85. The van der Waals surface area contributed by atoms with Gasteiger partial charge < -0.3 is 0 Å². The Kier molecular flexibility index (Phi) is 3.76. The normalized spacial score (nSPS) is 17.9. The molecule has 0 heterocycles. The van der Waals surface area contributed by atoms with E-state index in [1.807, 2.05) is 12.2 Å². The zero-order valence-electron chi connectivity index (χ0n) is 12.8. The lowest BCUT2D eigenvalue weighted by Crippen LogP contribution is -2.21. The minimum atomic E-state index is -0.0323. The highest BCUT2D eigenvalue weighted by atomic mass is 16.1. The SMILES string of the molecule is CC1=CC=C(CC2=C(C)C(=O)c3ccccc3C2=O)C=CC1. The van der Waals surface area contributed by atoms with Crippen LogP contribution in [0.1, 0.15) is 47.4 Å². The van der Waals surface area contributed by atoms with E-state index in [4.69, 9.17) is 0 Å². The standard InChI is InChI=1S/C20H18O2/c1-13-6-5-7-15(11-10-13)12-18-14(2)19(21)16-8-3-4-9-17(16)20(18)22/h3-5,7-11H,6,12H2,1-2H3. The second kappa shape index (κ2) is 5.72. The Balaban J connectivity index is 1.99. The molecule has 0 spiro atoms. The average molecular weight is 290 g/mol. The molecule has 3 rings (SSSR count). The fourth-order valence-electron chi connectivity index (χ4n) is 2.85. The summed E-state index contributed by atoms with van der Waals surface area (Å²) in [6.07, 6.45) is 9.69. The van der Waals surface area contributed by atoms with Crippen molar-refractivity contribution in [2.45, 2.75) is 26.7 Å². The monoisotopic (exact) mass is 290 g/mol. The Bertz CT molecular complexity index is 786. The van der Waals surface area contributed by atoms with Gasteiger partial charge >= 0.3 is 0 Å². The molecule has 22 heavy (non-hydrogen) atoms. The predicted octanol–water partition coefficient (Wildman–Crippen LogP) is 4.60. The van der Waals surface area contributed by atoms with E-state index in [0.29, 0.717) is 28.7 Å². The van der Waals surface area contributed by atoms with Gasteiger partial charge in [0.15, 0.2) is 11.6 Å². The highest BCUT2D eigenvalue weighted by molar-refractivity contribution is 6.26. The average Bonchev–Trinajstić information content (AvgIpc) is 2.74. The summed E-state index contributed by atoms with van der Waals surface area (Å²) in [4.78, 5) is 25.2. The molecule has 110 valence electrons. The lowest BCUT2D eigenvalue weighted by Gasteiger charge is -2.19. The number of hydrogen-bond donors (Lipinski definition) is 0. The summed E-state index contributed by atoms with van der Waals surface area (Å²) in [6.45, 7) is 3.84. The quantitative estimate of drug-likeness (QED) is 0.797. The van der Waals surface area contributed by atoms with E-state index < -0.39 is 0 Å². The van der Waals surface area contributed by atoms with E-state index in [2.05, 4.69) is 19.1 Å². The lowest BCUT2D eigenvalue weighted by atomic mass is 9.82. The van der Waals surface area contributed by atoms with Crippen molar-refractivity contribution in [3.63, 3.8) is 0 Å². The van der Waals surface area contributed by atoms with Crippen LogP contribution in [0.25, 0.3) is 0 Å². The van der Waals surface area contributed by atoms with Crippen LogP contribution in [0.15, 0.2) is 70.9 Å². The number of carbonyl (C=O) groups excluding carboxylic acids is 2. The molecule has 2 aliphatic rings. The third-order valence-electron chi connectivity index (χ3n) is 4.22. The first-order valence-electron chi connectivity index (χ1n) is 7.49. The van der Waals surface area contributed by atoms with Gasteiger partial charge in [-0.3, -0.25) is 9.59 Å². The van der Waals surface area contributed by atoms with Gasteiger partial charge in [0.2, 0.25) is 0 Å². The second-order valence-corrected chi connectivity index (χ2v) is 5.85. The molecule has 0 fully saturated rings. The van der Waals surface area contributed by atoms with E-state index in [1.54, 1.807) is 31.2 Å². The largest absolute Gasteiger partial charge is 0.289 e. The van der Waals surface area contributed by atoms with Crippen LogP contribution in [0.5, 0.6) is 0 Å². The van der Waals surface area contributed by atoms with Crippen molar-refractivity contribution in [1.82, 2.24) is 0 Å². The molecular weight excluding hydrogens is 272 g/mol. The van der Waals surface area contributed by atoms with Crippen LogP contribution in [-0.4, -0.2) is 11.6 Å². The number of Topliss-reactive ketones (excluding diaryl/α,β-unsaturated/α-hetero) is 2. The summed E-state index contributed by atoms with van der Waals surface area (Å²) in [7, 11) is 0. The van der Waals surface area contributed by atoms with Gasteiger partial charge in [-0.2, -0.15) is 0 Å². The Morgan fingerprint density at radius 3 is 2.36 bits per heavy atom. The van der Waals surface area contributed by atoms with E-state index in [-0.39, 0.29) is 11.6 Å². The topological polar surface area (TPSA) is 34.1 Å². The van der Waals surface area contributed by atoms with Crippen LogP contribution < -0.4 is 0 Å². The first-order chi connectivity index (χ1) is 10.6.